The smallest absolute Gasteiger partial charge is 0.462 e. The van der Waals surface area contributed by atoms with Gasteiger partial charge in [0.15, 0.2) is 0 Å². The number of hydrogen-bond donors (Lipinski definition) is 2. The number of carbonyl (C=O) groups excluding carboxylic acids is 2. The number of esters is 1. The molecule has 2 N–H and O–H groups in total. The molecular formula is C16H30F3N3O5SV. The zero-order valence-corrected chi connectivity index (χ0v) is 19.2. The van der Waals surface area contributed by atoms with Crippen LogP contribution in [0.4, 0.5) is 13.2 Å². The molecule has 0 unspecified atom stereocenters. The Balaban J connectivity index is -0.000000386. The van der Waals surface area contributed by atoms with E-state index in [1.165, 1.54) is 11.8 Å². The summed E-state index contributed by atoms with van der Waals surface area (Å²) < 4.78 is 62.6. The number of ether oxygens (including phenoxy) is 1. The minimum atomic E-state index is -5.22. The summed E-state index contributed by atoms with van der Waals surface area (Å²) in [5.41, 5.74) is -5.22. The minimum absolute atomic E-state index is 0. The van der Waals surface area contributed by atoms with Gasteiger partial charge in [0.05, 0.1) is 6.61 Å². The molecule has 0 spiro atoms. The van der Waals surface area contributed by atoms with Crippen LogP contribution in [0, 0.1) is 5.92 Å². The summed E-state index contributed by atoms with van der Waals surface area (Å²) in [4.78, 5) is 23.3. The van der Waals surface area contributed by atoms with Gasteiger partial charge in [-0.25, -0.2) is 17.9 Å². The van der Waals surface area contributed by atoms with Crippen LogP contribution < -0.4 is 10.0 Å². The molecule has 171 valence electrons. The van der Waals surface area contributed by atoms with Crippen molar-refractivity contribution in [2.45, 2.75) is 51.6 Å². The first kappa shape index (κ1) is 32.7. The number of alkyl halides is 3. The third-order valence-corrected chi connectivity index (χ3v) is 4.23. The molecule has 1 radical (unpaired) electrons. The van der Waals surface area contributed by atoms with Crippen LogP contribution in [0.3, 0.4) is 0 Å². The Bertz CT molecular complexity index is 567. The summed E-state index contributed by atoms with van der Waals surface area (Å²) in [5.74, 6) is 0.150. The normalized spacial score (nSPS) is 16.2. The second-order valence-electron chi connectivity index (χ2n) is 6.03. The monoisotopic (exact) mass is 484 g/mol. The van der Waals surface area contributed by atoms with Gasteiger partial charge in [-0.3, -0.25) is 4.99 Å². The molecule has 0 saturated carbocycles. The second kappa shape index (κ2) is 17.9. The third-order valence-electron chi connectivity index (χ3n) is 3.08. The van der Waals surface area contributed by atoms with E-state index in [1.807, 2.05) is 13.8 Å². The number of sulfonamides is 1. The summed E-state index contributed by atoms with van der Waals surface area (Å²) in [6.45, 7) is 6.72. The van der Waals surface area contributed by atoms with E-state index < -0.39 is 15.5 Å². The summed E-state index contributed by atoms with van der Waals surface area (Å²) >= 11 is 0. The van der Waals surface area contributed by atoms with Gasteiger partial charge < -0.3 is 14.8 Å². The van der Waals surface area contributed by atoms with Gasteiger partial charge in [0.1, 0.15) is 12.5 Å². The summed E-state index contributed by atoms with van der Waals surface area (Å²) in [6.07, 6.45) is 4.34. The van der Waals surface area contributed by atoms with E-state index in [2.05, 4.69) is 15.0 Å². The molecule has 0 aromatic rings. The maximum atomic E-state index is 11.8. The predicted octanol–water partition coefficient (Wildman–Crippen LogP) is 1.66. The first-order chi connectivity index (χ1) is 12.9. The summed E-state index contributed by atoms with van der Waals surface area (Å²) in [6, 6.07) is -0.188. The van der Waals surface area contributed by atoms with Crippen LogP contribution in [0.1, 0.15) is 40.0 Å². The molecule has 1 atom stereocenters. The quantitative estimate of drug-likeness (QED) is 0.323. The fourth-order valence-electron chi connectivity index (χ4n) is 1.70. The Morgan fingerprint density at radius 2 is 1.97 bits per heavy atom. The molecule has 1 rings (SSSR count). The number of aliphatic imine (C=N–C) groups is 1. The van der Waals surface area contributed by atoms with Crippen LogP contribution >= 0.6 is 0 Å². The van der Waals surface area contributed by atoms with Crippen molar-refractivity contribution in [2.75, 3.05) is 26.7 Å². The first-order valence-electron chi connectivity index (χ1n) is 8.73. The third kappa shape index (κ3) is 18.8. The number of nitrogens with one attached hydrogen (secondary N) is 2. The molecule has 0 bridgehead atoms. The maximum absolute atomic E-state index is 11.8. The molecule has 1 fully saturated rings. The number of hydrogen-bond acceptors (Lipinski definition) is 7. The van der Waals surface area contributed by atoms with Crippen LogP contribution in [0.15, 0.2) is 4.99 Å². The summed E-state index contributed by atoms with van der Waals surface area (Å²) in [7, 11) is -3.65. The molecule has 1 saturated heterocycles. The average Bonchev–Trinajstić information content (AvgIpc) is 3.07. The fraction of sp³-hybridized carbons (Fsp3) is 0.812. The Hall–Kier alpha value is -0.946. The minimum Gasteiger partial charge on any atom is -0.462 e. The van der Waals surface area contributed by atoms with Crippen LogP contribution in [0.25, 0.3) is 0 Å². The molecule has 13 heteroatoms. The molecule has 0 aliphatic carbocycles. The zero-order chi connectivity index (χ0) is 22.2. The van der Waals surface area contributed by atoms with Crippen LogP contribution in [-0.2, 0) is 42.9 Å². The van der Waals surface area contributed by atoms with E-state index >= 15 is 0 Å². The van der Waals surface area contributed by atoms with Gasteiger partial charge in [-0.1, -0.05) is 13.8 Å². The molecule has 1 heterocycles. The van der Waals surface area contributed by atoms with Gasteiger partial charge in [-0.2, -0.15) is 13.2 Å². The SMILES string of the molecule is CC(C)CC=O.CCOC(=O)C=NC.O=S(=O)(NC[C@@H]1CCCN1)C(F)(F)F.[V]. The molecule has 0 amide bonds. The van der Waals surface area contributed by atoms with Gasteiger partial charge >= 0.3 is 21.5 Å². The maximum Gasteiger partial charge on any atom is 0.511 e. The van der Waals surface area contributed by atoms with E-state index in [-0.39, 0.29) is 37.1 Å². The van der Waals surface area contributed by atoms with Crippen molar-refractivity contribution in [1.29, 1.82) is 0 Å². The zero-order valence-electron chi connectivity index (χ0n) is 17.0. The van der Waals surface area contributed by atoms with Crippen molar-refractivity contribution in [3.8, 4) is 0 Å². The number of rotatable bonds is 7. The topological polar surface area (TPSA) is 114 Å². The molecule has 8 nitrogen and oxygen atoms in total. The predicted molar refractivity (Wildman–Crippen MR) is 101 cm³/mol. The molecule has 0 aromatic heterocycles. The molecule has 1 aliphatic heterocycles. The largest absolute Gasteiger partial charge is 0.511 e. The van der Waals surface area contributed by atoms with Gasteiger partial charge in [0.2, 0.25) is 0 Å². The van der Waals surface area contributed by atoms with E-state index in [0.29, 0.717) is 25.4 Å². The molecular weight excluding hydrogens is 454 g/mol. The average molecular weight is 484 g/mol. The van der Waals surface area contributed by atoms with Gasteiger partial charge in [0.25, 0.3) is 0 Å². The standard InChI is InChI=1S/C6H11F3N2O2S.C5H9NO2.C5H10O.V/c7-6(8,9)14(12,13)11-4-5-2-1-3-10-5;1-3-8-5(7)4-6-2;1-5(2)3-4-6;/h5,10-11H,1-4H2;4H,3H2,1-2H3;4-5H,3H2,1-2H3;/t5-;;;/m0.../s1. The molecule has 0 aromatic carbocycles. The van der Waals surface area contributed by atoms with Crippen molar-refractivity contribution < 1.29 is 54.5 Å². The van der Waals surface area contributed by atoms with Crippen molar-refractivity contribution in [3.63, 3.8) is 0 Å². The molecule has 29 heavy (non-hydrogen) atoms. The van der Waals surface area contributed by atoms with E-state index in [0.717, 1.165) is 25.5 Å². The number of carbonyl (C=O) groups is 2. The van der Waals surface area contributed by atoms with Crippen LogP contribution in [0.2, 0.25) is 0 Å². The van der Waals surface area contributed by atoms with Crippen LogP contribution in [-0.4, -0.2) is 65.2 Å². The number of nitrogens with zero attached hydrogens (tertiary/aromatic N) is 1. The van der Waals surface area contributed by atoms with E-state index in [9.17, 15) is 31.2 Å². The Labute approximate surface area is 182 Å². The Morgan fingerprint density at radius 1 is 1.38 bits per heavy atom. The van der Waals surface area contributed by atoms with Crippen LogP contribution in [0.5, 0.6) is 0 Å². The van der Waals surface area contributed by atoms with Gasteiger partial charge in [0, 0.05) is 44.6 Å². The van der Waals surface area contributed by atoms with E-state index in [1.54, 1.807) is 6.92 Å². The Morgan fingerprint density at radius 3 is 2.28 bits per heavy atom. The first-order valence-corrected chi connectivity index (χ1v) is 10.2. The Kier molecular flexibility index (Phi) is 20.2. The molecule has 1 aliphatic rings. The van der Waals surface area contributed by atoms with Crippen molar-refractivity contribution in [2.24, 2.45) is 10.9 Å². The summed E-state index contributed by atoms with van der Waals surface area (Å²) in [5, 5.41) is 2.89. The fourth-order valence-corrected chi connectivity index (χ4v) is 2.28. The van der Waals surface area contributed by atoms with E-state index in [4.69, 9.17) is 0 Å². The van der Waals surface area contributed by atoms with Crippen molar-refractivity contribution in [3.05, 3.63) is 0 Å². The second-order valence-corrected chi connectivity index (χ2v) is 7.78. The number of aldehydes is 1. The van der Waals surface area contributed by atoms with Crippen molar-refractivity contribution >= 4 is 28.5 Å². The van der Waals surface area contributed by atoms with Gasteiger partial charge in [-0.15, -0.1) is 0 Å². The number of halogens is 3. The van der Waals surface area contributed by atoms with Crippen molar-refractivity contribution in [1.82, 2.24) is 10.0 Å². The van der Waals surface area contributed by atoms with Gasteiger partial charge in [-0.05, 0) is 32.2 Å².